The van der Waals surface area contributed by atoms with Gasteiger partial charge in [0, 0.05) is 5.69 Å². The molecule has 2 nitrogen and oxygen atoms in total. The van der Waals surface area contributed by atoms with Crippen LogP contribution in [0.5, 0.6) is 0 Å². The van der Waals surface area contributed by atoms with Crippen molar-refractivity contribution in [1.29, 1.82) is 0 Å². The number of aryl methyl sites for hydroxylation is 1. The highest BCUT2D eigenvalue weighted by Crippen LogP contribution is 2.05. The Balaban J connectivity index is 2.15. The van der Waals surface area contributed by atoms with E-state index in [1.54, 1.807) is 0 Å². The number of hydrogen-bond donors (Lipinski definition) is 1. The highest BCUT2D eigenvalue weighted by Gasteiger charge is 1.91. The van der Waals surface area contributed by atoms with Gasteiger partial charge >= 0.3 is 0 Å². The number of hydrogen-bond acceptors (Lipinski definition) is 1. The van der Waals surface area contributed by atoms with Gasteiger partial charge in [-0.2, -0.15) is 0 Å². The summed E-state index contributed by atoms with van der Waals surface area (Å²) in [5.74, 6) is 0. The molecule has 0 fully saturated rings. The Kier molecular flexibility index (Phi) is 3.45. The average molecular weight is 156 g/mol. The molecule has 0 bridgehead atoms. The van der Waals surface area contributed by atoms with Crippen molar-refractivity contribution in [3.8, 4) is 0 Å². The summed E-state index contributed by atoms with van der Waals surface area (Å²) >= 11 is 0. The van der Waals surface area contributed by atoms with Gasteiger partial charge in [-0.05, 0) is 12.8 Å². The third-order valence-electron chi connectivity index (χ3n) is 1.51. The number of rotatable bonds is 4. The zero-order valence-electron chi connectivity index (χ0n) is 6.30. The average Bonchev–Trinajstić information content (AvgIpc) is 2.41. The molecule has 0 amide bonds. The summed E-state index contributed by atoms with van der Waals surface area (Å²) in [6.07, 6.45) is 7.03. The molecular formula is C7H13N2P. The fourth-order valence-electron chi connectivity index (χ4n) is 0.906. The molecule has 0 unspecified atom stereocenters. The Hall–Kier alpha value is -0.360. The van der Waals surface area contributed by atoms with Crippen LogP contribution in [0.15, 0.2) is 6.20 Å². The molecule has 0 aliphatic rings. The summed E-state index contributed by atoms with van der Waals surface area (Å²) in [7, 11) is 1.00. The number of aromatic nitrogens is 2. The van der Waals surface area contributed by atoms with Crippen LogP contribution >= 0.6 is 8.51 Å². The van der Waals surface area contributed by atoms with E-state index in [9.17, 15) is 0 Å². The van der Waals surface area contributed by atoms with E-state index in [1.807, 2.05) is 6.20 Å². The molecule has 0 radical (unpaired) electrons. The van der Waals surface area contributed by atoms with Crippen LogP contribution in [0.1, 0.15) is 31.9 Å². The van der Waals surface area contributed by atoms with Crippen molar-refractivity contribution in [3.63, 3.8) is 0 Å². The van der Waals surface area contributed by atoms with Gasteiger partial charge < -0.3 is 4.75 Å². The number of nitrogens with one attached hydrogen (secondary N) is 1. The molecule has 10 heavy (non-hydrogen) atoms. The van der Waals surface area contributed by atoms with Crippen LogP contribution in [0.4, 0.5) is 0 Å². The molecule has 0 spiro atoms. The molecule has 1 heterocycles. The summed E-state index contributed by atoms with van der Waals surface area (Å²) in [4.78, 5) is 0. The number of aromatic amines is 1. The Labute approximate surface area is 63.3 Å². The summed E-state index contributed by atoms with van der Waals surface area (Å²) in [5, 5.41) is 0. The minimum atomic E-state index is 1.00. The Morgan fingerprint density at radius 2 is 2.50 bits per heavy atom. The second-order valence-electron chi connectivity index (χ2n) is 2.44. The first-order chi connectivity index (χ1) is 4.93. The standard InChI is InChI=1S/C7H13N2P/c1-2-3-4-5-7-6-8-10-9-7/h6H,2-5H2,1H3,(H,8,9). The normalized spacial score (nSPS) is 10.9. The Morgan fingerprint density at radius 1 is 1.60 bits per heavy atom. The van der Waals surface area contributed by atoms with E-state index in [-0.39, 0.29) is 0 Å². The molecule has 1 N–H and O–H groups in total. The summed E-state index contributed by atoms with van der Waals surface area (Å²) < 4.78 is 7.22. The smallest absolute Gasteiger partial charge is 0.129 e. The van der Waals surface area contributed by atoms with Crippen LogP contribution < -0.4 is 0 Å². The lowest BCUT2D eigenvalue weighted by atomic mass is 10.2. The second kappa shape index (κ2) is 4.45. The first-order valence-corrected chi connectivity index (χ1v) is 4.63. The lowest BCUT2D eigenvalue weighted by Gasteiger charge is -1.93. The van der Waals surface area contributed by atoms with E-state index in [0.717, 1.165) is 8.51 Å². The fourth-order valence-corrected chi connectivity index (χ4v) is 1.46. The number of unbranched alkanes of at least 4 members (excludes halogenated alkanes) is 2. The predicted molar refractivity (Wildman–Crippen MR) is 44.3 cm³/mol. The molecule has 0 aromatic carbocycles. The van der Waals surface area contributed by atoms with Gasteiger partial charge in [-0.25, -0.2) is 4.75 Å². The maximum Gasteiger partial charge on any atom is 0.129 e. The molecule has 1 aromatic heterocycles. The highest BCUT2D eigenvalue weighted by atomic mass is 31.1. The summed E-state index contributed by atoms with van der Waals surface area (Å²) in [5.41, 5.74) is 1.30. The van der Waals surface area contributed by atoms with Crippen LogP contribution in [0, 0.1) is 0 Å². The fraction of sp³-hybridized carbons (Fsp3) is 0.714. The van der Waals surface area contributed by atoms with Crippen LogP contribution in [0.3, 0.4) is 0 Å². The molecule has 3 heteroatoms. The van der Waals surface area contributed by atoms with Gasteiger partial charge in [0.2, 0.25) is 0 Å². The lowest BCUT2D eigenvalue weighted by molar-refractivity contribution is 0.711. The topological polar surface area (TPSA) is 28.7 Å². The van der Waals surface area contributed by atoms with Gasteiger partial charge in [-0.1, -0.05) is 19.8 Å². The van der Waals surface area contributed by atoms with Crippen molar-refractivity contribution in [2.75, 3.05) is 0 Å². The quantitative estimate of drug-likeness (QED) is 0.667. The summed E-state index contributed by atoms with van der Waals surface area (Å²) in [6, 6.07) is 0. The van der Waals surface area contributed by atoms with Crippen molar-refractivity contribution in [2.24, 2.45) is 0 Å². The third kappa shape index (κ3) is 2.49. The maximum absolute atomic E-state index is 4.04. The largest absolute Gasteiger partial charge is 0.325 e. The zero-order chi connectivity index (χ0) is 7.23. The van der Waals surface area contributed by atoms with Crippen molar-refractivity contribution in [1.82, 2.24) is 9.49 Å². The summed E-state index contributed by atoms with van der Waals surface area (Å²) in [6.45, 7) is 2.22. The first-order valence-electron chi connectivity index (χ1n) is 3.78. The van der Waals surface area contributed by atoms with E-state index in [0.29, 0.717) is 0 Å². The van der Waals surface area contributed by atoms with Crippen LogP contribution in [-0.2, 0) is 6.42 Å². The van der Waals surface area contributed by atoms with Crippen LogP contribution in [-0.4, -0.2) is 9.49 Å². The molecule has 56 valence electrons. The highest BCUT2D eigenvalue weighted by molar-refractivity contribution is 7.20. The molecule has 0 saturated heterocycles. The third-order valence-corrected chi connectivity index (χ3v) is 2.13. The van der Waals surface area contributed by atoms with E-state index >= 15 is 0 Å². The predicted octanol–water partition coefficient (Wildman–Crippen LogP) is 2.72. The van der Waals surface area contributed by atoms with Crippen molar-refractivity contribution in [2.45, 2.75) is 32.6 Å². The minimum Gasteiger partial charge on any atom is -0.325 e. The first kappa shape index (κ1) is 7.74. The molecule has 1 aromatic rings. The Morgan fingerprint density at radius 3 is 3.10 bits per heavy atom. The van der Waals surface area contributed by atoms with Gasteiger partial charge in [0.05, 0.1) is 6.20 Å². The lowest BCUT2D eigenvalue weighted by Crippen LogP contribution is -1.83. The number of nitrogens with zero attached hydrogens (tertiary/aromatic N) is 1. The van der Waals surface area contributed by atoms with Gasteiger partial charge in [-0.3, -0.25) is 0 Å². The minimum absolute atomic E-state index is 1.00. The van der Waals surface area contributed by atoms with Gasteiger partial charge in [0.15, 0.2) is 0 Å². The van der Waals surface area contributed by atoms with Crippen molar-refractivity contribution in [3.05, 3.63) is 11.9 Å². The zero-order valence-corrected chi connectivity index (χ0v) is 7.19. The monoisotopic (exact) mass is 156 g/mol. The molecule has 1 rings (SSSR count). The van der Waals surface area contributed by atoms with Crippen molar-refractivity contribution >= 4 is 8.51 Å². The maximum atomic E-state index is 4.04. The van der Waals surface area contributed by atoms with Crippen LogP contribution in [0.2, 0.25) is 0 Å². The van der Waals surface area contributed by atoms with Crippen LogP contribution in [0.25, 0.3) is 0 Å². The second-order valence-corrected chi connectivity index (χ2v) is 3.09. The molecule has 0 aliphatic heterocycles. The van der Waals surface area contributed by atoms with Gasteiger partial charge in [-0.15, -0.1) is 0 Å². The van der Waals surface area contributed by atoms with Crippen molar-refractivity contribution < 1.29 is 0 Å². The van der Waals surface area contributed by atoms with E-state index in [4.69, 9.17) is 0 Å². The van der Waals surface area contributed by atoms with Gasteiger partial charge in [0.1, 0.15) is 8.51 Å². The molecule has 0 aliphatic carbocycles. The van der Waals surface area contributed by atoms with E-state index in [1.165, 1.54) is 31.4 Å². The Bertz CT molecular complexity index is 160. The van der Waals surface area contributed by atoms with E-state index in [2.05, 4.69) is 16.4 Å². The molecule has 0 saturated carbocycles. The van der Waals surface area contributed by atoms with E-state index < -0.39 is 0 Å². The SMILES string of the molecule is CCCCCc1cnp[nH]1. The molecular weight excluding hydrogens is 143 g/mol. The van der Waals surface area contributed by atoms with Gasteiger partial charge in [0.25, 0.3) is 0 Å². The molecule has 0 atom stereocenters. The number of H-pyrrole nitrogens is 1.